The van der Waals surface area contributed by atoms with Gasteiger partial charge in [0.15, 0.2) is 0 Å². The molecule has 1 aromatic heterocycles. The Balaban J connectivity index is 2.58. The summed E-state index contributed by atoms with van der Waals surface area (Å²) in [6.07, 6.45) is 1.22. The number of carbonyl (C=O) groups is 1. The van der Waals surface area contributed by atoms with E-state index >= 15 is 0 Å². The topological polar surface area (TPSA) is 46.3 Å². The third-order valence-electron chi connectivity index (χ3n) is 2.27. The number of rotatable bonds is 3. The molecule has 0 N–H and O–H groups in total. The molecule has 4 heteroatoms. The van der Waals surface area contributed by atoms with Crippen LogP contribution in [-0.4, -0.2) is 30.1 Å². The highest BCUT2D eigenvalue weighted by Crippen LogP contribution is 2.14. The third kappa shape index (κ3) is 2.34. The zero-order valence-electron chi connectivity index (χ0n) is 9.13. The van der Waals surface area contributed by atoms with Crippen molar-refractivity contribution in [3.63, 3.8) is 0 Å². The second-order valence-corrected chi connectivity index (χ2v) is 3.59. The largest absolute Gasteiger partial charge is 0.361 e. The van der Waals surface area contributed by atoms with Crippen molar-refractivity contribution in [1.29, 1.82) is 0 Å². The van der Waals surface area contributed by atoms with Crippen LogP contribution in [0.2, 0.25) is 0 Å². The van der Waals surface area contributed by atoms with E-state index in [1.54, 1.807) is 19.0 Å². The Morgan fingerprint density at radius 3 is 2.50 bits per heavy atom. The second kappa shape index (κ2) is 4.26. The van der Waals surface area contributed by atoms with E-state index in [0.29, 0.717) is 12.8 Å². The maximum absolute atomic E-state index is 11.3. The molecule has 0 unspecified atom stereocenters. The summed E-state index contributed by atoms with van der Waals surface area (Å²) in [7, 11) is 3.52. The van der Waals surface area contributed by atoms with E-state index in [1.807, 2.05) is 13.8 Å². The van der Waals surface area contributed by atoms with Gasteiger partial charge in [0.1, 0.15) is 5.76 Å². The van der Waals surface area contributed by atoms with Crippen molar-refractivity contribution in [3.05, 3.63) is 17.0 Å². The molecule has 0 fully saturated rings. The van der Waals surface area contributed by atoms with Crippen molar-refractivity contribution in [2.45, 2.75) is 26.7 Å². The molecule has 0 aromatic carbocycles. The first-order valence-corrected chi connectivity index (χ1v) is 4.64. The molecular formula is C10H16N2O2. The highest BCUT2D eigenvalue weighted by atomic mass is 16.5. The van der Waals surface area contributed by atoms with E-state index in [0.717, 1.165) is 17.0 Å². The number of aryl methyl sites for hydroxylation is 2. The summed E-state index contributed by atoms with van der Waals surface area (Å²) < 4.78 is 5.01. The van der Waals surface area contributed by atoms with Crippen LogP contribution in [0.3, 0.4) is 0 Å². The highest BCUT2D eigenvalue weighted by Gasteiger charge is 2.11. The first-order chi connectivity index (χ1) is 6.52. The lowest BCUT2D eigenvalue weighted by Crippen LogP contribution is -2.21. The summed E-state index contributed by atoms with van der Waals surface area (Å²) in [5.74, 6) is 0.944. The first-order valence-electron chi connectivity index (χ1n) is 4.64. The highest BCUT2D eigenvalue weighted by molar-refractivity contribution is 5.75. The van der Waals surface area contributed by atoms with Crippen molar-refractivity contribution in [3.8, 4) is 0 Å². The molecule has 0 radical (unpaired) electrons. The van der Waals surface area contributed by atoms with E-state index in [9.17, 15) is 4.79 Å². The molecule has 0 saturated heterocycles. The zero-order valence-corrected chi connectivity index (χ0v) is 9.13. The molecule has 0 aliphatic heterocycles. The predicted molar refractivity (Wildman–Crippen MR) is 53.0 cm³/mol. The molecule has 0 aliphatic carbocycles. The van der Waals surface area contributed by atoms with Crippen molar-refractivity contribution in [2.24, 2.45) is 0 Å². The van der Waals surface area contributed by atoms with Crippen molar-refractivity contribution in [1.82, 2.24) is 10.1 Å². The quantitative estimate of drug-likeness (QED) is 0.732. The smallest absolute Gasteiger partial charge is 0.222 e. The fourth-order valence-corrected chi connectivity index (χ4v) is 1.31. The van der Waals surface area contributed by atoms with Crippen molar-refractivity contribution in [2.75, 3.05) is 14.1 Å². The lowest BCUT2D eigenvalue weighted by molar-refractivity contribution is -0.128. The molecule has 14 heavy (non-hydrogen) atoms. The number of aromatic nitrogens is 1. The molecule has 0 aliphatic rings. The van der Waals surface area contributed by atoms with Gasteiger partial charge in [0.25, 0.3) is 0 Å². The first kappa shape index (κ1) is 10.8. The van der Waals surface area contributed by atoms with Crippen LogP contribution in [0.1, 0.15) is 23.4 Å². The minimum Gasteiger partial charge on any atom is -0.361 e. The summed E-state index contributed by atoms with van der Waals surface area (Å²) >= 11 is 0. The fourth-order valence-electron chi connectivity index (χ4n) is 1.31. The normalized spacial score (nSPS) is 10.3. The average molecular weight is 196 g/mol. The van der Waals surface area contributed by atoms with Crippen LogP contribution >= 0.6 is 0 Å². The summed E-state index contributed by atoms with van der Waals surface area (Å²) in [4.78, 5) is 12.9. The van der Waals surface area contributed by atoms with Crippen LogP contribution in [0.25, 0.3) is 0 Å². The Morgan fingerprint density at radius 1 is 1.43 bits per heavy atom. The van der Waals surface area contributed by atoms with E-state index in [1.165, 1.54) is 0 Å². The average Bonchev–Trinajstić information content (AvgIpc) is 2.43. The van der Waals surface area contributed by atoms with Crippen LogP contribution in [0.4, 0.5) is 0 Å². The van der Waals surface area contributed by atoms with Gasteiger partial charge in [-0.15, -0.1) is 0 Å². The van der Waals surface area contributed by atoms with Gasteiger partial charge in [0, 0.05) is 26.1 Å². The van der Waals surface area contributed by atoms with Gasteiger partial charge >= 0.3 is 0 Å². The van der Waals surface area contributed by atoms with Crippen molar-refractivity contribution < 1.29 is 9.32 Å². The van der Waals surface area contributed by atoms with Crippen LogP contribution in [0.5, 0.6) is 0 Å². The molecule has 1 heterocycles. The SMILES string of the molecule is Cc1noc(C)c1CCC(=O)N(C)C. The van der Waals surface area contributed by atoms with Crippen molar-refractivity contribution >= 4 is 5.91 Å². The van der Waals surface area contributed by atoms with Crippen LogP contribution in [0.15, 0.2) is 4.52 Å². The van der Waals surface area contributed by atoms with Gasteiger partial charge in [-0.25, -0.2) is 0 Å². The number of nitrogens with zero attached hydrogens (tertiary/aromatic N) is 2. The maximum atomic E-state index is 11.3. The Labute approximate surface area is 83.9 Å². The zero-order chi connectivity index (χ0) is 10.7. The molecule has 0 spiro atoms. The van der Waals surface area contributed by atoms with Gasteiger partial charge in [-0.05, 0) is 20.3 Å². The van der Waals surface area contributed by atoms with Gasteiger partial charge in [0.05, 0.1) is 5.69 Å². The van der Waals surface area contributed by atoms with Gasteiger partial charge in [-0.3, -0.25) is 4.79 Å². The van der Waals surface area contributed by atoms with Gasteiger partial charge in [0.2, 0.25) is 5.91 Å². The molecule has 78 valence electrons. The van der Waals surface area contributed by atoms with E-state index in [-0.39, 0.29) is 5.91 Å². The number of hydrogen-bond acceptors (Lipinski definition) is 3. The minimum atomic E-state index is 0.130. The van der Waals surface area contributed by atoms with Gasteiger partial charge in [-0.2, -0.15) is 0 Å². The molecule has 1 amide bonds. The van der Waals surface area contributed by atoms with Gasteiger partial charge < -0.3 is 9.42 Å². The lowest BCUT2D eigenvalue weighted by atomic mass is 10.1. The molecular weight excluding hydrogens is 180 g/mol. The third-order valence-corrected chi connectivity index (χ3v) is 2.27. The molecule has 4 nitrogen and oxygen atoms in total. The minimum absolute atomic E-state index is 0.130. The summed E-state index contributed by atoms with van der Waals surface area (Å²) in [6.45, 7) is 3.77. The van der Waals surface area contributed by atoms with Crippen LogP contribution in [0, 0.1) is 13.8 Å². The maximum Gasteiger partial charge on any atom is 0.222 e. The van der Waals surface area contributed by atoms with E-state index < -0.39 is 0 Å². The summed E-state index contributed by atoms with van der Waals surface area (Å²) in [6, 6.07) is 0. The molecule has 0 atom stereocenters. The number of hydrogen-bond donors (Lipinski definition) is 0. The standard InChI is InChI=1S/C10H16N2O2/c1-7-9(8(2)14-11-7)5-6-10(13)12(3)4/h5-6H2,1-4H3. The lowest BCUT2D eigenvalue weighted by Gasteiger charge is -2.09. The molecule has 1 aromatic rings. The Bertz CT molecular complexity index is 309. The summed E-state index contributed by atoms with van der Waals surface area (Å²) in [5.41, 5.74) is 1.94. The molecule has 1 rings (SSSR count). The van der Waals surface area contributed by atoms with Crippen LogP contribution in [-0.2, 0) is 11.2 Å². The molecule has 0 bridgehead atoms. The Hall–Kier alpha value is -1.32. The van der Waals surface area contributed by atoms with Crippen LogP contribution < -0.4 is 0 Å². The number of amides is 1. The number of carbonyl (C=O) groups excluding carboxylic acids is 1. The Kier molecular flexibility index (Phi) is 3.28. The second-order valence-electron chi connectivity index (χ2n) is 3.59. The predicted octanol–water partition coefficient (Wildman–Crippen LogP) is 1.31. The molecule has 0 saturated carbocycles. The van der Waals surface area contributed by atoms with E-state index in [2.05, 4.69) is 5.16 Å². The van der Waals surface area contributed by atoms with Gasteiger partial charge in [-0.1, -0.05) is 5.16 Å². The monoisotopic (exact) mass is 196 g/mol. The van der Waals surface area contributed by atoms with E-state index in [4.69, 9.17) is 4.52 Å². The fraction of sp³-hybridized carbons (Fsp3) is 0.600. The Morgan fingerprint density at radius 2 is 2.07 bits per heavy atom. The summed E-state index contributed by atoms with van der Waals surface area (Å²) in [5, 5.41) is 3.84.